The maximum atomic E-state index is 12.0. The van der Waals surface area contributed by atoms with Gasteiger partial charge in [-0.05, 0) is 34.1 Å². The van der Waals surface area contributed by atoms with Crippen LogP contribution in [-0.2, 0) is 14.8 Å². The van der Waals surface area contributed by atoms with Gasteiger partial charge in [-0.25, -0.2) is 13.1 Å². The van der Waals surface area contributed by atoms with E-state index in [2.05, 4.69) is 26.0 Å². The lowest BCUT2D eigenvalue weighted by Gasteiger charge is -2.09. The Kier molecular flexibility index (Phi) is 7.27. The van der Waals surface area contributed by atoms with Crippen molar-refractivity contribution in [2.75, 3.05) is 33.4 Å². The van der Waals surface area contributed by atoms with Crippen LogP contribution in [0.4, 0.5) is 0 Å². The van der Waals surface area contributed by atoms with Gasteiger partial charge < -0.3 is 10.1 Å². The second-order valence-electron chi connectivity index (χ2n) is 3.72. The number of benzene rings is 1. The smallest absolute Gasteiger partial charge is 0.241 e. The average molecular weight is 372 g/mol. The number of nitrogens with one attached hydrogen (secondary N) is 2. The molecule has 108 valence electrons. The van der Waals surface area contributed by atoms with Crippen molar-refractivity contribution in [1.29, 1.82) is 0 Å². The molecule has 0 aliphatic rings. The van der Waals surface area contributed by atoms with Crippen LogP contribution in [0.25, 0.3) is 0 Å². The quantitative estimate of drug-likeness (QED) is 0.681. The third kappa shape index (κ3) is 5.76. The number of sulfonamides is 1. The highest BCUT2D eigenvalue weighted by Gasteiger charge is 2.16. The zero-order valence-electron chi connectivity index (χ0n) is 10.4. The third-order valence-electron chi connectivity index (χ3n) is 2.26. The SMILES string of the molecule is COCCNCCNS(=O)(=O)c1ccc(Cl)cc1Br. The van der Waals surface area contributed by atoms with Gasteiger partial charge in [0.15, 0.2) is 0 Å². The molecule has 2 N–H and O–H groups in total. The summed E-state index contributed by atoms with van der Waals surface area (Å²) in [6.45, 7) is 2.12. The van der Waals surface area contributed by atoms with Crippen LogP contribution in [0.1, 0.15) is 0 Å². The molecule has 1 rings (SSSR count). The van der Waals surface area contributed by atoms with Crippen molar-refractivity contribution in [2.24, 2.45) is 0 Å². The van der Waals surface area contributed by atoms with E-state index in [1.165, 1.54) is 12.1 Å². The number of methoxy groups -OCH3 is 1. The predicted molar refractivity (Wildman–Crippen MR) is 79.1 cm³/mol. The molecule has 0 aliphatic carbocycles. The van der Waals surface area contributed by atoms with E-state index in [9.17, 15) is 8.42 Å². The van der Waals surface area contributed by atoms with Crippen molar-refractivity contribution in [3.8, 4) is 0 Å². The molecule has 0 saturated carbocycles. The molecule has 1 aromatic carbocycles. The predicted octanol–water partition coefficient (Wildman–Crippen LogP) is 1.62. The summed E-state index contributed by atoms with van der Waals surface area (Å²) in [5.41, 5.74) is 0. The van der Waals surface area contributed by atoms with Crippen molar-refractivity contribution >= 4 is 37.6 Å². The van der Waals surface area contributed by atoms with Crippen LogP contribution in [0.3, 0.4) is 0 Å². The number of hydrogen-bond donors (Lipinski definition) is 2. The molecule has 0 spiro atoms. The molecule has 0 atom stereocenters. The number of halogens is 2. The summed E-state index contributed by atoms with van der Waals surface area (Å²) in [5, 5.41) is 3.53. The minimum absolute atomic E-state index is 0.175. The van der Waals surface area contributed by atoms with Gasteiger partial charge in [0.25, 0.3) is 0 Å². The van der Waals surface area contributed by atoms with Crippen molar-refractivity contribution in [2.45, 2.75) is 4.90 Å². The lowest BCUT2D eigenvalue weighted by Crippen LogP contribution is -2.33. The van der Waals surface area contributed by atoms with Gasteiger partial charge in [-0.15, -0.1) is 0 Å². The maximum Gasteiger partial charge on any atom is 0.241 e. The average Bonchev–Trinajstić information content (AvgIpc) is 2.33. The minimum Gasteiger partial charge on any atom is -0.383 e. The van der Waals surface area contributed by atoms with E-state index in [-0.39, 0.29) is 4.90 Å². The minimum atomic E-state index is -3.53. The summed E-state index contributed by atoms with van der Waals surface area (Å²) in [5.74, 6) is 0. The van der Waals surface area contributed by atoms with Gasteiger partial charge in [-0.1, -0.05) is 11.6 Å². The fraction of sp³-hybridized carbons (Fsp3) is 0.455. The second-order valence-corrected chi connectivity index (χ2v) is 6.74. The van der Waals surface area contributed by atoms with Gasteiger partial charge in [-0.3, -0.25) is 0 Å². The van der Waals surface area contributed by atoms with Gasteiger partial charge in [0, 0.05) is 36.2 Å². The Morgan fingerprint density at radius 1 is 1.32 bits per heavy atom. The summed E-state index contributed by atoms with van der Waals surface area (Å²) < 4.78 is 31.9. The zero-order chi connectivity index (χ0) is 14.3. The van der Waals surface area contributed by atoms with E-state index in [0.717, 1.165) is 0 Å². The topological polar surface area (TPSA) is 67.4 Å². The molecule has 0 radical (unpaired) electrons. The van der Waals surface area contributed by atoms with E-state index in [0.29, 0.717) is 35.7 Å². The molecular weight excluding hydrogens is 356 g/mol. The van der Waals surface area contributed by atoms with Gasteiger partial charge in [-0.2, -0.15) is 0 Å². The van der Waals surface area contributed by atoms with Crippen LogP contribution in [0, 0.1) is 0 Å². The molecular formula is C11H16BrClN2O3S. The molecule has 19 heavy (non-hydrogen) atoms. The monoisotopic (exact) mass is 370 g/mol. The Morgan fingerprint density at radius 2 is 2.05 bits per heavy atom. The molecule has 0 aromatic heterocycles. The Balaban J connectivity index is 2.52. The highest BCUT2D eigenvalue weighted by molar-refractivity contribution is 9.10. The highest BCUT2D eigenvalue weighted by atomic mass is 79.9. The summed E-state index contributed by atoms with van der Waals surface area (Å²) in [4.78, 5) is 0.175. The molecule has 0 fully saturated rings. The van der Waals surface area contributed by atoms with Crippen molar-refractivity contribution in [1.82, 2.24) is 10.0 Å². The van der Waals surface area contributed by atoms with Crippen LogP contribution >= 0.6 is 27.5 Å². The standard InChI is InChI=1S/C11H16BrClN2O3S/c1-18-7-6-14-4-5-15-19(16,17)11-3-2-9(13)8-10(11)12/h2-3,8,14-15H,4-7H2,1H3. The zero-order valence-corrected chi connectivity index (χ0v) is 13.6. The van der Waals surface area contributed by atoms with Gasteiger partial charge in [0.2, 0.25) is 10.0 Å². The Hall–Kier alpha value is -0.180. The molecule has 0 aliphatic heterocycles. The summed E-state index contributed by atoms with van der Waals surface area (Å²) in [6.07, 6.45) is 0. The van der Waals surface area contributed by atoms with E-state index in [1.54, 1.807) is 13.2 Å². The molecule has 0 saturated heterocycles. The van der Waals surface area contributed by atoms with Crippen LogP contribution in [0.15, 0.2) is 27.6 Å². The largest absolute Gasteiger partial charge is 0.383 e. The molecule has 0 heterocycles. The third-order valence-corrected chi connectivity index (χ3v) is 4.93. The molecule has 1 aromatic rings. The lowest BCUT2D eigenvalue weighted by atomic mass is 10.4. The normalized spacial score (nSPS) is 11.7. The summed E-state index contributed by atoms with van der Waals surface area (Å²) in [6, 6.07) is 4.55. The number of hydrogen-bond acceptors (Lipinski definition) is 4. The second kappa shape index (κ2) is 8.18. The Morgan fingerprint density at radius 3 is 2.68 bits per heavy atom. The van der Waals surface area contributed by atoms with Crippen LogP contribution < -0.4 is 10.0 Å². The summed E-state index contributed by atoms with van der Waals surface area (Å²) in [7, 11) is -1.91. The van der Waals surface area contributed by atoms with Crippen molar-refractivity contribution < 1.29 is 13.2 Å². The van der Waals surface area contributed by atoms with E-state index >= 15 is 0 Å². The van der Waals surface area contributed by atoms with E-state index in [4.69, 9.17) is 16.3 Å². The molecule has 0 amide bonds. The maximum absolute atomic E-state index is 12.0. The fourth-order valence-corrected chi connectivity index (χ4v) is 3.76. The number of rotatable bonds is 8. The van der Waals surface area contributed by atoms with Gasteiger partial charge in [0.05, 0.1) is 11.5 Å². The van der Waals surface area contributed by atoms with Crippen LogP contribution in [-0.4, -0.2) is 41.8 Å². The number of ether oxygens (including phenoxy) is 1. The molecule has 0 bridgehead atoms. The van der Waals surface area contributed by atoms with Crippen molar-refractivity contribution in [3.05, 3.63) is 27.7 Å². The van der Waals surface area contributed by atoms with E-state index < -0.39 is 10.0 Å². The first-order valence-electron chi connectivity index (χ1n) is 5.62. The fourth-order valence-electron chi connectivity index (χ4n) is 1.34. The lowest BCUT2D eigenvalue weighted by molar-refractivity contribution is 0.199. The first kappa shape index (κ1) is 16.9. The Bertz CT molecular complexity index is 511. The highest BCUT2D eigenvalue weighted by Crippen LogP contribution is 2.25. The molecule has 5 nitrogen and oxygen atoms in total. The first-order chi connectivity index (χ1) is 8.97. The summed E-state index contributed by atoms with van der Waals surface area (Å²) >= 11 is 8.97. The van der Waals surface area contributed by atoms with E-state index in [1.807, 2.05) is 0 Å². The van der Waals surface area contributed by atoms with Crippen molar-refractivity contribution in [3.63, 3.8) is 0 Å². The first-order valence-corrected chi connectivity index (χ1v) is 8.27. The molecule has 8 heteroatoms. The van der Waals surface area contributed by atoms with Gasteiger partial charge >= 0.3 is 0 Å². The Labute approximate surface area is 126 Å². The van der Waals surface area contributed by atoms with Crippen LogP contribution in [0.2, 0.25) is 5.02 Å². The van der Waals surface area contributed by atoms with Gasteiger partial charge in [0.1, 0.15) is 0 Å². The molecule has 0 unspecified atom stereocenters. The van der Waals surface area contributed by atoms with Crippen LogP contribution in [0.5, 0.6) is 0 Å².